The Labute approximate surface area is 154 Å². The van der Waals surface area contributed by atoms with Gasteiger partial charge in [0.25, 0.3) is 5.91 Å². The van der Waals surface area contributed by atoms with Crippen LogP contribution in [0.15, 0.2) is 24.3 Å². The number of rotatable bonds is 5. The van der Waals surface area contributed by atoms with Crippen molar-refractivity contribution >= 4 is 30.0 Å². The number of halogens is 1. The van der Waals surface area contributed by atoms with Crippen LogP contribution < -0.4 is 20.9 Å². The lowest BCUT2D eigenvalue weighted by atomic mass is 10.1. The molecule has 3 amide bonds. The number of carbonyl (C=O) groups excluding carboxylic acids is 2. The van der Waals surface area contributed by atoms with Gasteiger partial charge < -0.3 is 16.0 Å². The quantitative estimate of drug-likeness (QED) is 0.714. The molecule has 2 saturated heterocycles. The zero-order valence-electron chi connectivity index (χ0n) is 14.3. The smallest absolute Gasteiger partial charge is 0.321 e. The van der Waals surface area contributed by atoms with Crippen LogP contribution in [0.25, 0.3) is 0 Å². The Morgan fingerprint density at radius 3 is 2.72 bits per heavy atom. The minimum Gasteiger partial charge on any atom is -0.351 e. The highest BCUT2D eigenvalue weighted by molar-refractivity contribution is 5.97. The van der Waals surface area contributed by atoms with Crippen molar-refractivity contribution in [1.82, 2.24) is 20.9 Å². The second-order valence-electron chi connectivity index (χ2n) is 6.13. The fraction of sp³-hybridized carbons (Fsp3) is 0.529. The molecule has 0 aromatic heterocycles. The van der Waals surface area contributed by atoms with Gasteiger partial charge in [0.1, 0.15) is 0 Å². The van der Waals surface area contributed by atoms with E-state index in [9.17, 15) is 9.59 Å². The Morgan fingerprint density at radius 1 is 1.16 bits per heavy atom. The molecule has 0 unspecified atom stereocenters. The molecule has 3 rings (SSSR count). The summed E-state index contributed by atoms with van der Waals surface area (Å²) in [6.07, 6.45) is 0.910. The molecule has 2 aliphatic rings. The maximum absolute atomic E-state index is 12.3. The Hall–Kier alpha value is -1.83. The maximum atomic E-state index is 12.3. The average Bonchev–Trinajstić information content (AvgIpc) is 2.63. The number of nitrogens with one attached hydrogen (secondary N) is 3. The van der Waals surface area contributed by atoms with E-state index in [1.807, 2.05) is 12.1 Å². The molecule has 0 saturated carbocycles. The summed E-state index contributed by atoms with van der Waals surface area (Å²) in [4.78, 5) is 28.3. The molecule has 7 nitrogen and oxygen atoms in total. The number of nitrogens with zero attached hydrogens (tertiary/aromatic N) is 2. The van der Waals surface area contributed by atoms with Gasteiger partial charge in [0.15, 0.2) is 0 Å². The molecular weight excluding hydrogens is 342 g/mol. The third kappa shape index (κ3) is 5.32. The van der Waals surface area contributed by atoms with E-state index >= 15 is 0 Å². The van der Waals surface area contributed by atoms with E-state index in [2.05, 4.69) is 20.9 Å². The minimum absolute atomic E-state index is 0. The molecule has 8 heteroatoms. The molecule has 0 bridgehead atoms. The molecule has 25 heavy (non-hydrogen) atoms. The van der Waals surface area contributed by atoms with Crippen LogP contribution in [0.3, 0.4) is 0 Å². The van der Waals surface area contributed by atoms with Crippen molar-refractivity contribution in [2.75, 3.05) is 57.3 Å². The highest BCUT2D eigenvalue weighted by atomic mass is 35.5. The van der Waals surface area contributed by atoms with Crippen molar-refractivity contribution in [1.29, 1.82) is 0 Å². The van der Waals surface area contributed by atoms with Crippen LogP contribution in [0, 0.1) is 0 Å². The average molecular weight is 368 g/mol. The molecular formula is C17H26ClN5O2. The Balaban J connectivity index is 0.00000225. The molecule has 2 fully saturated rings. The van der Waals surface area contributed by atoms with E-state index in [1.165, 1.54) is 0 Å². The van der Waals surface area contributed by atoms with Crippen molar-refractivity contribution in [2.45, 2.75) is 6.42 Å². The van der Waals surface area contributed by atoms with Gasteiger partial charge in [-0.1, -0.05) is 6.07 Å². The van der Waals surface area contributed by atoms with Crippen LogP contribution in [0.5, 0.6) is 0 Å². The number of anilines is 1. The summed E-state index contributed by atoms with van der Waals surface area (Å²) in [7, 11) is 0. The summed E-state index contributed by atoms with van der Waals surface area (Å²) in [6, 6.07) is 7.15. The zero-order valence-corrected chi connectivity index (χ0v) is 15.1. The largest absolute Gasteiger partial charge is 0.351 e. The molecule has 0 spiro atoms. The van der Waals surface area contributed by atoms with Gasteiger partial charge in [-0.3, -0.25) is 14.6 Å². The molecule has 2 heterocycles. The Morgan fingerprint density at radius 2 is 1.96 bits per heavy atom. The first-order chi connectivity index (χ1) is 11.7. The number of hydrogen-bond acceptors (Lipinski definition) is 4. The second-order valence-corrected chi connectivity index (χ2v) is 6.13. The first-order valence-electron chi connectivity index (χ1n) is 8.61. The van der Waals surface area contributed by atoms with E-state index < -0.39 is 0 Å². The van der Waals surface area contributed by atoms with Crippen LogP contribution in [0.1, 0.15) is 16.8 Å². The lowest BCUT2D eigenvalue weighted by Crippen LogP contribution is -2.46. The molecule has 2 aliphatic heterocycles. The predicted molar refractivity (Wildman–Crippen MR) is 101 cm³/mol. The SMILES string of the molecule is Cl.O=C(NCCN1CCNCC1)c1cccc(N2CCCNC2=O)c1. The number of amides is 3. The van der Waals surface area contributed by atoms with Gasteiger partial charge in [0.05, 0.1) is 0 Å². The van der Waals surface area contributed by atoms with Crippen molar-refractivity contribution in [2.24, 2.45) is 0 Å². The van der Waals surface area contributed by atoms with Gasteiger partial charge in [-0.05, 0) is 24.6 Å². The van der Waals surface area contributed by atoms with E-state index in [0.717, 1.165) is 44.8 Å². The summed E-state index contributed by atoms with van der Waals surface area (Å²) in [5, 5.41) is 9.11. The summed E-state index contributed by atoms with van der Waals surface area (Å²) >= 11 is 0. The van der Waals surface area contributed by atoms with E-state index in [-0.39, 0.29) is 24.3 Å². The maximum Gasteiger partial charge on any atom is 0.321 e. The lowest BCUT2D eigenvalue weighted by molar-refractivity contribution is 0.0947. The molecule has 138 valence electrons. The first kappa shape index (κ1) is 19.5. The van der Waals surface area contributed by atoms with Gasteiger partial charge in [0.2, 0.25) is 0 Å². The van der Waals surface area contributed by atoms with Crippen molar-refractivity contribution in [3.8, 4) is 0 Å². The second kappa shape index (κ2) is 9.60. The fourth-order valence-corrected chi connectivity index (χ4v) is 3.06. The normalized spacial score (nSPS) is 18.2. The Kier molecular flexibility index (Phi) is 7.49. The standard InChI is InChI=1S/C17H25N5O2.ClH/c23-16(19-8-12-21-10-6-18-7-11-21)14-3-1-4-15(13-14)22-9-2-5-20-17(22)24;/h1,3-4,13,18H,2,5-12H2,(H,19,23)(H,20,24);1H. The van der Waals surface area contributed by atoms with Crippen LogP contribution in [0.2, 0.25) is 0 Å². The zero-order chi connectivity index (χ0) is 16.8. The number of hydrogen-bond donors (Lipinski definition) is 3. The number of benzene rings is 1. The first-order valence-corrected chi connectivity index (χ1v) is 8.61. The molecule has 0 aliphatic carbocycles. The highest BCUT2D eigenvalue weighted by Crippen LogP contribution is 2.18. The number of carbonyl (C=O) groups is 2. The molecule has 0 radical (unpaired) electrons. The summed E-state index contributed by atoms with van der Waals surface area (Å²) in [6.45, 7) is 6.95. The molecule has 1 aromatic carbocycles. The van der Waals surface area contributed by atoms with Crippen molar-refractivity contribution < 1.29 is 9.59 Å². The van der Waals surface area contributed by atoms with Gasteiger partial charge in [0, 0.05) is 63.6 Å². The highest BCUT2D eigenvalue weighted by Gasteiger charge is 2.20. The van der Waals surface area contributed by atoms with E-state index in [0.29, 0.717) is 25.2 Å². The van der Waals surface area contributed by atoms with Crippen molar-refractivity contribution in [3.05, 3.63) is 29.8 Å². The summed E-state index contributed by atoms with van der Waals surface area (Å²) in [5.74, 6) is -0.0931. The lowest BCUT2D eigenvalue weighted by Gasteiger charge is -2.28. The van der Waals surface area contributed by atoms with E-state index in [1.54, 1.807) is 17.0 Å². The minimum atomic E-state index is -0.0995. The van der Waals surface area contributed by atoms with Crippen LogP contribution in [-0.2, 0) is 0 Å². The van der Waals surface area contributed by atoms with Gasteiger partial charge in [-0.2, -0.15) is 0 Å². The van der Waals surface area contributed by atoms with E-state index in [4.69, 9.17) is 0 Å². The fourth-order valence-electron chi connectivity index (χ4n) is 3.06. The summed E-state index contributed by atoms with van der Waals surface area (Å²) in [5.41, 5.74) is 1.35. The third-order valence-corrected chi connectivity index (χ3v) is 4.42. The molecule has 3 N–H and O–H groups in total. The van der Waals surface area contributed by atoms with Gasteiger partial charge >= 0.3 is 6.03 Å². The van der Waals surface area contributed by atoms with Crippen LogP contribution in [-0.4, -0.2) is 69.2 Å². The molecule has 1 aromatic rings. The number of piperazine rings is 1. The topological polar surface area (TPSA) is 76.7 Å². The van der Waals surface area contributed by atoms with Crippen LogP contribution in [0.4, 0.5) is 10.5 Å². The monoisotopic (exact) mass is 367 g/mol. The summed E-state index contributed by atoms with van der Waals surface area (Å²) < 4.78 is 0. The van der Waals surface area contributed by atoms with Gasteiger partial charge in [-0.25, -0.2) is 4.79 Å². The predicted octanol–water partition coefficient (Wildman–Crippen LogP) is 0.663. The van der Waals surface area contributed by atoms with Crippen LogP contribution >= 0.6 is 12.4 Å². The Bertz CT molecular complexity index is 592. The molecule has 0 atom stereocenters. The van der Waals surface area contributed by atoms with Gasteiger partial charge in [-0.15, -0.1) is 12.4 Å². The van der Waals surface area contributed by atoms with Crippen molar-refractivity contribution in [3.63, 3.8) is 0 Å². The third-order valence-electron chi connectivity index (χ3n) is 4.42. The number of urea groups is 1.